The van der Waals surface area contributed by atoms with Crippen molar-refractivity contribution in [2.45, 2.75) is 18.9 Å². The third kappa shape index (κ3) is 2.73. The molecule has 0 aromatic heterocycles. The fraction of sp³-hybridized carbons (Fsp3) is 1.00. The van der Waals surface area contributed by atoms with Crippen LogP contribution in [0.4, 0.5) is 0 Å². The molecule has 3 nitrogen and oxygen atoms in total. The van der Waals surface area contributed by atoms with E-state index in [0.29, 0.717) is 0 Å². The van der Waals surface area contributed by atoms with Crippen LogP contribution in [0.3, 0.4) is 0 Å². The van der Waals surface area contributed by atoms with Gasteiger partial charge >= 0.3 is 0 Å². The number of likely N-dealkylation sites (N-methyl/N-ethyl adjacent to an activating group) is 1. The van der Waals surface area contributed by atoms with Crippen LogP contribution in [-0.4, -0.2) is 51.3 Å². The standard InChI is InChI=1S/C9H20N2O/c1-10-8-9-4-3-5-11(9)6-7-12-2/h9-10H,3-8H2,1-2H3. The second-order valence-corrected chi connectivity index (χ2v) is 3.38. The van der Waals surface area contributed by atoms with Crippen molar-refractivity contribution in [3.63, 3.8) is 0 Å². The van der Waals surface area contributed by atoms with Gasteiger partial charge in [0.15, 0.2) is 0 Å². The van der Waals surface area contributed by atoms with Gasteiger partial charge in [0.1, 0.15) is 0 Å². The fourth-order valence-electron chi connectivity index (χ4n) is 1.86. The van der Waals surface area contributed by atoms with Gasteiger partial charge in [-0.05, 0) is 26.4 Å². The zero-order valence-electron chi connectivity index (χ0n) is 8.18. The highest BCUT2D eigenvalue weighted by Crippen LogP contribution is 2.15. The molecule has 1 atom stereocenters. The molecule has 1 unspecified atom stereocenters. The molecule has 1 saturated heterocycles. The number of methoxy groups -OCH3 is 1. The summed E-state index contributed by atoms with van der Waals surface area (Å²) >= 11 is 0. The Hall–Kier alpha value is -0.120. The minimum atomic E-state index is 0.741. The fourth-order valence-corrected chi connectivity index (χ4v) is 1.86. The van der Waals surface area contributed by atoms with Crippen LogP contribution < -0.4 is 5.32 Å². The van der Waals surface area contributed by atoms with E-state index in [2.05, 4.69) is 10.2 Å². The largest absolute Gasteiger partial charge is 0.383 e. The molecule has 0 radical (unpaired) electrons. The van der Waals surface area contributed by atoms with Gasteiger partial charge in [-0.3, -0.25) is 4.90 Å². The first-order valence-electron chi connectivity index (χ1n) is 4.76. The molecule has 0 bridgehead atoms. The van der Waals surface area contributed by atoms with Crippen LogP contribution in [-0.2, 0) is 4.74 Å². The molecular weight excluding hydrogens is 152 g/mol. The van der Waals surface area contributed by atoms with Gasteiger partial charge in [0.25, 0.3) is 0 Å². The minimum absolute atomic E-state index is 0.741. The van der Waals surface area contributed by atoms with E-state index in [4.69, 9.17) is 4.74 Å². The number of nitrogens with one attached hydrogen (secondary N) is 1. The summed E-state index contributed by atoms with van der Waals surface area (Å²) in [7, 11) is 3.79. The number of ether oxygens (including phenoxy) is 1. The van der Waals surface area contributed by atoms with E-state index in [1.165, 1.54) is 19.4 Å². The van der Waals surface area contributed by atoms with Crippen molar-refractivity contribution in [3.05, 3.63) is 0 Å². The summed E-state index contributed by atoms with van der Waals surface area (Å²) in [5, 5.41) is 3.23. The van der Waals surface area contributed by atoms with Crippen molar-refractivity contribution < 1.29 is 4.74 Å². The quantitative estimate of drug-likeness (QED) is 0.646. The Morgan fingerprint density at radius 2 is 2.42 bits per heavy atom. The molecule has 1 heterocycles. The van der Waals surface area contributed by atoms with Crippen LogP contribution in [0.25, 0.3) is 0 Å². The maximum Gasteiger partial charge on any atom is 0.0589 e. The molecule has 0 aliphatic carbocycles. The number of hydrogen-bond acceptors (Lipinski definition) is 3. The molecule has 12 heavy (non-hydrogen) atoms. The van der Waals surface area contributed by atoms with Crippen LogP contribution in [0.15, 0.2) is 0 Å². The summed E-state index contributed by atoms with van der Waals surface area (Å²) in [4.78, 5) is 2.51. The van der Waals surface area contributed by atoms with Crippen LogP contribution in [0, 0.1) is 0 Å². The lowest BCUT2D eigenvalue weighted by molar-refractivity contribution is 0.141. The van der Waals surface area contributed by atoms with E-state index in [1.807, 2.05) is 7.05 Å². The third-order valence-electron chi connectivity index (χ3n) is 2.52. The molecule has 72 valence electrons. The second kappa shape index (κ2) is 5.51. The molecule has 1 rings (SSSR count). The van der Waals surface area contributed by atoms with Crippen molar-refractivity contribution in [3.8, 4) is 0 Å². The lowest BCUT2D eigenvalue weighted by atomic mass is 10.2. The number of likely N-dealkylation sites (tertiary alicyclic amines) is 1. The first-order chi connectivity index (χ1) is 5.88. The van der Waals surface area contributed by atoms with E-state index in [1.54, 1.807) is 7.11 Å². The summed E-state index contributed by atoms with van der Waals surface area (Å²) in [5.41, 5.74) is 0. The van der Waals surface area contributed by atoms with Crippen molar-refractivity contribution in [1.29, 1.82) is 0 Å². The highest BCUT2D eigenvalue weighted by Gasteiger charge is 2.22. The average Bonchev–Trinajstić information content (AvgIpc) is 2.50. The van der Waals surface area contributed by atoms with Gasteiger partial charge in [0.05, 0.1) is 6.61 Å². The molecular formula is C9H20N2O. The highest BCUT2D eigenvalue weighted by molar-refractivity contribution is 4.79. The van der Waals surface area contributed by atoms with Crippen LogP contribution in [0.1, 0.15) is 12.8 Å². The van der Waals surface area contributed by atoms with Crippen molar-refractivity contribution in [2.75, 3.05) is 40.4 Å². The van der Waals surface area contributed by atoms with Gasteiger partial charge in [-0.1, -0.05) is 0 Å². The molecule has 3 heteroatoms. The van der Waals surface area contributed by atoms with Gasteiger partial charge in [0.2, 0.25) is 0 Å². The van der Waals surface area contributed by atoms with E-state index in [-0.39, 0.29) is 0 Å². The Labute approximate surface area is 75.1 Å². The Kier molecular flexibility index (Phi) is 4.58. The maximum absolute atomic E-state index is 5.07. The molecule has 0 spiro atoms. The summed E-state index contributed by atoms with van der Waals surface area (Å²) in [6, 6.07) is 0.741. The zero-order chi connectivity index (χ0) is 8.81. The number of hydrogen-bond donors (Lipinski definition) is 1. The van der Waals surface area contributed by atoms with E-state index >= 15 is 0 Å². The molecule has 0 amide bonds. The smallest absolute Gasteiger partial charge is 0.0589 e. The SMILES string of the molecule is CNCC1CCCN1CCOC. The monoisotopic (exact) mass is 172 g/mol. The predicted octanol–water partition coefficient (Wildman–Crippen LogP) is 0.317. The maximum atomic E-state index is 5.07. The molecule has 1 aliphatic heterocycles. The lowest BCUT2D eigenvalue weighted by Gasteiger charge is -2.23. The summed E-state index contributed by atoms with van der Waals surface area (Å²) in [5.74, 6) is 0. The molecule has 1 aliphatic rings. The van der Waals surface area contributed by atoms with Crippen LogP contribution >= 0.6 is 0 Å². The second-order valence-electron chi connectivity index (χ2n) is 3.38. The van der Waals surface area contributed by atoms with E-state index in [9.17, 15) is 0 Å². The van der Waals surface area contributed by atoms with Gasteiger partial charge in [-0.2, -0.15) is 0 Å². The molecule has 0 saturated carbocycles. The predicted molar refractivity (Wildman–Crippen MR) is 50.4 cm³/mol. The van der Waals surface area contributed by atoms with Crippen LogP contribution in [0.5, 0.6) is 0 Å². The van der Waals surface area contributed by atoms with Gasteiger partial charge in [0, 0.05) is 26.2 Å². The highest BCUT2D eigenvalue weighted by atomic mass is 16.5. The minimum Gasteiger partial charge on any atom is -0.383 e. The Balaban J connectivity index is 2.20. The topological polar surface area (TPSA) is 24.5 Å². The molecule has 1 N–H and O–H groups in total. The molecule has 0 aromatic carbocycles. The van der Waals surface area contributed by atoms with Gasteiger partial charge < -0.3 is 10.1 Å². The summed E-state index contributed by atoms with van der Waals surface area (Å²) in [6.45, 7) is 4.31. The van der Waals surface area contributed by atoms with Crippen molar-refractivity contribution in [1.82, 2.24) is 10.2 Å². The Bertz CT molecular complexity index is 119. The van der Waals surface area contributed by atoms with Gasteiger partial charge in [-0.25, -0.2) is 0 Å². The van der Waals surface area contributed by atoms with Crippen molar-refractivity contribution >= 4 is 0 Å². The number of rotatable bonds is 5. The summed E-state index contributed by atoms with van der Waals surface area (Å²) in [6.07, 6.45) is 2.68. The Morgan fingerprint density at radius 3 is 3.08 bits per heavy atom. The van der Waals surface area contributed by atoms with Gasteiger partial charge in [-0.15, -0.1) is 0 Å². The first kappa shape index (κ1) is 9.96. The zero-order valence-corrected chi connectivity index (χ0v) is 8.18. The summed E-state index contributed by atoms with van der Waals surface area (Å²) < 4.78 is 5.07. The van der Waals surface area contributed by atoms with Crippen molar-refractivity contribution in [2.24, 2.45) is 0 Å². The Morgan fingerprint density at radius 1 is 1.58 bits per heavy atom. The lowest BCUT2D eigenvalue weighted by Crippen LogP contribution is -2.38. The van der Waals surface area contributed by atoms with Crippen LogP contribution in [0.2, 0.25) is 0 Å². The third-order valence-corrected chi connectivity index (χ3v) is 2.52. The number of nitrogens with zero attached hydrogens (tertiary/aromatic N) is 1. The molecule has 1 fully saturated rings. The normalized spacial score (nSPS) is 25.0. The first-order valence-corrected chi connectivity index (χ1v) is 4.76. The molecule has 0 aromatic rings. The van der Waals surface area contributed by atoms with E-state index in [0.717, 1.165) is 25.7 Å². The average molecular weight is 172 g/mol. The van der Waals surface area contributed by atoms with E-state index < -0.39 is 0 Å².